The fraction of sp³-hybridized carbons (Fsp3) is 0.533. The molecule has 1 aliphatic rings. The van der Waals surface area contributed by atoms with Crippen molar-refractivity contribution in [1.82, 2.24) is 5.32 Å². The second-order valence-corrected chi connectivity index (χ2v) is 4.97. The van der Waals surface area contributed by atoms with Gasteiger partial charge in [0.15, 0.2) is 0 Å². The minimum absolute atomic E-state index is 0.0120. The highest BCUT2D eigenvalue weighted by Crippen LogP contribution is 2.12. The highest BCUT2D eigenvalue weighted by Gasteiger charge is 2.17. The van der Waals surface area contributed by atoms with Crippen LogP contribution in [0, 0.1) is 0 Å². The smallest absolute Gasteiger partial charge is 0.241 e. The summed E-state index contributed by atoms with van der Waals surface area (Å²) in [5.74, 6) is -0.0120. The molecule has 1 aliphatic heterocycles. The Labute approximate surface area is 114 Å². The van der Waals surface area contributed by atoms with Crippen molar-refractivity contribution in [3.05, 3.63) is 30.3 Å². The zero-order valence-electron chi connectivity index (χ0n) is 11.4. The number of anilines is 1. The summed E-state index contributed by atoms with van der Waals surface area (Å²) in [4.78, 5) is 12.0. The molecule has 104 valence electrons. The molecule has 1 saturated heterocycles. The molecule has 1 aromatic carbocycles. The van der Waals surface area contributed by atoms with E-state index in [0.717, 1.165) is 31.7 Å². The van der Waals surface area contributed by atoms with Crippen LogP contribution in [0.4, 0.5) is 5.69 Å². The fourth-order valence-electron chi connectivity index (χ4n) is 2.14. The number of nitrogens with one attached hydrogen (secondary N) is 2. The summed E-state index contributed by atoms with van der Waals surface area (Å²) in [7, 11) is 0. The predicted octanol–water partition coefficient (Wildman–Crippen LogP) is 2.17. The predicted molar refractivity (Wildman–Crippen MR) is 76.1 cm³/mol. The molecule has 4 nitrogen and oxygen atoms in total. The molecule has 0 radical (unpaired) electrons. The van der Waals surface area contributed by atoms with Crippen molar-refractivity contribution in [2.75, 3.05) is 18.5 Å². The minimum Gasteiger partial charge on any atom is -0.377 e. The zero-order valence-corrected chi connectivity index (χ0v) is 11.4. The van der Waals surface area contributed by atoms with Crippen LogP contribution in [0.2, 0.25) is 0 Å². The van der Waals surface area contributed by atoms with E-state index in [1.165, 1.54) is 6.42 Å². The lowest BCUT2D eigenvalue weighted by Gasteiger charge is -2.24. The monoisotopic (exact) mass is 262 g/mol. The number of rotatable bonds is 5. The first-order valence-electron chi connectivity index (χ1n) is 6.96. The molecule has 2 rings (SSSR count). The van der Waals surface area contributed by atoms with E-state index in [1.807, 2.05) is 37.3 Å². The maximum atomic E-state index is 12.0. The molecule has 2 N–H and O–H groups in total. The van der Waals surface area contributed by atoms with Crippen molar-refractivity contribution in [2.24, 2.45) is 0 Å². The normalized spacial score (nSPS) is 20.8. The summed E-state index contributed by atoms with van der Waals surface area (Å²) in [6, 6.07) is 9.29. The van der Waals surface area contributed by atoms with Crippen LogP contribution < -0.4 is 10.6 Å². The van der Waals surface area contributed by atoms with Gasteiger partial charge in [0.1, 0.15) is 0 Å². The molecule has 0 aliphatic carbocycles. The van der Waals surface area contributed by atoms with Gasteiger partial charge in [-0.25, -0.2) is 0 Å². The van der Waals surface area contributed by atoms with E-state index in [0.29, 0.717) is 0 Å². The third-order valence-electron chi connectivity index (χ3n) is 3.36. The molecule has 1 aromatic rings. The summed E-state index contributed by atoms with van der Waals surface area (Å²) in [6.07, 6.45) is 3.71. The Morgan fingerprint density at radius 3 is 2.84 bits per heavy atom. The van der Waals surface area contributed by atoms with Gasteiger partial charge in [0.05, 0.1) is 12.1 Å². The molecule has 1 fully saturated rings. The Hall–Kier alpha value is -1.39. The number of hydrogen-bond donors (Lipinski definition) is 2. The number of benzene rings is 1. The first kappa shape index (κ1) is 14.0. The number of carbonyl (C=O) groups excluding carboxylic acids is 1. The van der Waals surface area contributed by atoms with E-state index < -0.39 is 0 Å². The van der Waals surface area contributed by atoms with Gasteiger partial charge in [-0.3, -0.25) is 4.79 Å². The lowest BCUT2D eigenvalue weighted by atomic mass is 10.1. The molecule has 4 heteroatoms. The Bertz CT molecular complexity index is 388. The number of amides is 1. The molecule has 1 amide bonds. The van der Waals surface area contributed by atoms with Crippen molar-refractivity contribution < 1.29 is 9.53 Å². The highest BCUT2D eigenvalue weighted by molar-refractivity contribution is 5.94. The molecule has 1 heterocycles. The van der Waals surface area contributed by atoms with Crippen molar-refractivity contribution in [3.8, 4) is 0 Å². The largest absolute Gasteiger partial charge is 0.377 e. The Balaban J connectivity index is 1.73. The first-order valence-corrected chi connectivity index (χ1v) is 6.96. The molecule has 0 bridgehead atoms. The van der Waals surface area contributed by atoms with E-state index in [9.17, 15) is 4.79 Å². The lowest BCUT2D eigenvalue weighted by Crippen LogP contribution is -2.43. The van der Waals surface area contributed by atoms with Gasteiger partial charge < -0.3 is 15.4 Å². The fourth-order valence-corrected chi connectivity index (χ4v) is 2.14. The van der Waals surface area contributed by atoms with E-state index in [-0.39, 0.29) is 18.1 Å². The van der Waals surface area contributed by atoms with Gasteiger partial charge in [0.2, 0.25) is 5.91 Å². The van der Waals surface area contributed by atoms with E-state index in [4.69, 9.17) is 4.74 Å². The van der Waals surface area contributed by atoms with Gasteiger partial charge in [0.25, 0.3) is 0 Å². The Morgan fingerprint density at radius 2 is 2.16 bits per heavy atom. The van der Waals surface area contributed by atoms with Crippen molar-refractivity contribution in [2.45, 2.75) is 38.3 Å². The molecule has 2 atom stereocenters. The van der Waals surface area contributed by atoms with Gasteiger partial charge in [-0.15, -0.1) is 0 Å². The maximum absolute atomic E-state index is 12.0. The Morgan fingerprint density at radius 1 is 1.37 bits per heavy atom. The molecular weight excluding hydrogens is 240 g/mol. The number of para-hydroxylation sites is 1. The second-order valence-electron chi connectivity index (χ2n) is 4.97. The van der Waals surface area contributed by atoms with E-state index >= 15 is 0 Å². The van der Waals surface area contributed by atoms with Crippen LogP contribution in [0.1, 0.15) is 26.2 Å². The van der Waals surface area contributed by atoms with Crippen molar-refractivity contribution >= 4 is 11.6 Å². The Kier molecular flexibility index (Phi) is 5.36. The van der Waals surface area contributed by atoms with Crippen molar-refractivity contribution in [3.63, 3.8) is 0 Å². The summed E-state index contributed by atoms with van der Waals surface area (Å²) in [6.45, 7) is 3.46. The molecule has 19 heavy (non-hydrogen) atoms. The summed E-state index contributed by atoms with van der Waals surface area (Å²) in [5, 5.41) is 6.12. The van der Waals surface area contributed by atoms with Gasteiger partial charge in [-0.05, 0) is 38.3 Å². The number of ether oxygens (including phenoxy) is 1. The summed E-state index contributed by atoms with van der Waals surface area (Å²) in [5.41, 5.74) is 0.829. The van der Waals surface area contributed by atoms with Gasteiger partial charge in [0, 0.05) is 18.8 Å². The van der Waals surface area contributed by atoms with Crippen LogP contribution in [0.5, 0.6) is 0 Å². The molecule has 0 spiro atoms. The molecular formula is C15H22N2O2. The third-order valence-corrected chi connectivity index (χ3v) is 3.36. The second kappa shape index (κ2) is 7.26. The molecule has 0 saturated carbocycles. The van der Waals surface area contributed by atoms with Crippen LogP contribution in [-0.4, -0.2) is 31.2 Å². The van der Waals surface area contributed by atoms with Gasteiger partial charge >= 0.3 is 0 Å². The van der Waals surface area contributed by atoms with E-state index in [2.05, 4.69) is 10.6 Å². The quantitative estimate of drug-likeness (QED) is 0.855. The van der Waals surface area contributed by atoms with Crippen LogP contribution in [0.3, 0.4) is 0 Å². The third kappa shape index (κ3) is 4.65. The topological polar surface area (TPSA) is 50.4 Å². The summed E-state index contributed by atoms with van der Waals surface area (Å²) >= 11 is 0. The van der Waals surface area contributed by atoms with Gasteiger partial charge in [-0.2, -0.15) is 0 Å². The average Bonchev–Trinajstić information content (AvgIpc) is 2.47. The number of hydrogen-bond acceptors (Lipinski definition) is 3. The van der Waals surface area contributed by atoms with Crippen LogP contribution in [0.15, 0.2) is 30.3 Å². The van der Waals surface area contributed by atoms with Gasteiger partial charge in [-0.1, -0.05) is 18.2 Å². The minimum atomic E-state index is -0.217. The van der Waals surface area contributed by atoms with Crippen molar-refractivity contribution in [1.29, 1.82) is 0 Å². The first-order chi connectivity index (χ1) is 9.25. The average molecular weight is 262 g/mol. The SMILES string of the molecule is CC(NCC1CCCCO1)C(=O)Nc1ccccc1. The van der Waals surface area contributed by atoms with E-state index in [1.54, 1.807) is 0 Å². The summed E-state index contributed by atoms with van der Waals surface area (Å²) < 4.78 is 5.63. The van der Waals surface area contributed by atoms with Crippen LogP contribution in [0.25, 0.3) is 0 Å². The van der Waals surface area contributed by atoms with Crippen LogP contribution >= 0.6 is 0 Å². The zero-order chi connectivity index (χ0) is 13.5. The standard InChI is InChI=1S/C15H22N2O2/c1-12(16-11-14-9-5-6-10-19-14)15(18)17-13-7-3-2-4-8-13/h2-4,7-8,12,14,16H,5-6,9-11H2,1H3,(H,17,18). The maximum Gasteiger partial charge on any atom is 0.241 e. The molecule has 2 unspecified atom stereocenters. The number of carbonyl (C=O) groups is 1. The highest BCUT2D eigenvalue weighted by atomic mass is 16.5. The lowest BCUT2D eigenvalue weighted by molar-refractivity contribution is -0.118. The van der Waals surface area contributed by atoms with Crippen LogP contribution in [-0.2, 0) is 9.53 Å². The molecule has 0 aromatic heterocycles.